The van der Waals surface area contributed by atoms with Crippen molar-refractivity contribution in [1.82, 2.24) is 5.32 Å². The van der Waals surface area contributed by atoms with Gasteiger partial charge in [-0.05, 0) is 19.9 Å². The first-order chi connectivity index (χ1) is 7.60. The Balaban J connectivity index is 3.13. The van der Waals surface area contributed by atoms with Crippen LogP contribution in [-0.4, -0.2) is 19.1 Å². The van der Waals surface area contributed by atoms with Gasteiger partial charge in [0.1, 0.15) is 5.75 Å². The minimum Gasteiger partial charge on any atom is -0.493 e. The highest BCUT2D eigenvalue weighted by atomic mass is 35.5. The lowest BCUT2D eigenvalue weighted by atomic mass is 10.1. The van der Waals surface area contributed by atoms with Gasteiger partial charge >= 0.3 is 0 Å². The maximum atomic E-state index is 11.7. The highest BCUT2D eigenvalue weighted by Crippen LogP contribution is 2.28. The van der Waals surface area contributed by atoms with Gasteiger partial charge in [0, 0.05) is 12.6 Å². The van der Waals surface area contributed by atoms with Gasteiger partial charge in [0.15, 0.2) is 0 Å². The van der Waals surface area contributed by atoms with Crippen molar-refractivity contribution in [2.24, 2.45) is 0 Å². The summed E-state index contributed by atoms with van der Waals surface area (Å²) in [4.78, 5) is 11.7. The number of ether oxygens (including phenoxy) is 1. The van der Waals surface area contributed by atoms with E-state index in [4.69, 9.17) is 22.1 Å². The number of halogens is 1. The number of nitrogens with two attached hydrogens (primary N) is 1. The largest absolute Gasteiger partial charge is 0.493 e. The molecular weight excluding hydrogens is 228 g/mol. The Hall–Kier alpha value is -1.42. The maximum Gasteiger partial charge on any atom is 0.255 e. The number of carbonyl (C=O) groups is 1. The van der Waals surface area contributed by atoms with Crippen molar-refractivity contribution in [3.63, 3.8) is 0 Å². The van der Waals surface area contributed by atoms with Crippen molar-refractivity contribution in [3.8, 4) is 5.75 Å². The van der Waals surface area contributed by atoms with E-state index in [-0.39, 0.29) is 5.91 Å². The first-order valence-electron chi connectivity index (χ1n) is 5.10. The highest BCUT2D eigenvalue weighted by molar-refractivity contribution is 6.33. The van der Waals surface area contributed by atoms with Crippen molar-refractivity contribution in [2.75, 3.05) is 18.9 Å². The molecule has 4 nitrogen and oxygen atoms in total. The molecule has 0 aliphatic rings. The minimum absolute atomic E-state index is 0.215. The summed E-state index contributed by atoms with van der Waals surface area (Å²) in [6, 6.07) is 3.09. The maximum absolute atomic E-state index is 11.7. The van der Waals surface area contributed by atoms with Gasteiger partial charge in [-0.25, -0.2) is 0 Å². The van der Waals surface area contributed by atoms with E-state index in [1.807, 2.05) is 13.8 Å². The zero-order valence-electron chi connectivity index (χ0n) is 9.34. The molecule has 88 valence electrons. The number of amides is 1. The Morgan fingerprint density at radius 1 is 1.50 bits per heavy atom. The Bertz CT molecular complexity index is 394. The molecule has 1 rings (SSSR count). The summed E-state index contributed by atoms with van der Waals surface area (Å²) in [6.45, 7) is 4.70. The number of anilines is 1. The number of carbonyl (C=O) groups excluding carboxylic acids is 1. The van der Waals surface area contributed by atoms with E-state index < -0.39 is 0 Å². The third-order valence-corrected chi connectivity index (χ3v) is 2.31. The average Bonchev–Trinajstić information content (AvgIpc) is 2.23. The van der Waals surface area contributed by atoms with E-state index in [2.05, 4.69) is 5.32 Å². The average molecular weight is 243 g/mol. The molecule has 0 radical (unpaired) electrons. The molecular formula is C11H15ClN2O2. The van der Waals surface area contributed by atoms with Crippen LogP contribution in [0.5, 0.6) is 5.75 Å². The Morgan fingerprint density at radius 2 is 2.19 bits per heavy atom. The van der Waals surface area contributed by atoms with Gasteiger partial charge in [-0.3, -0.25) is 4.79 Å². The van der Waals surface area contributed by atoms with Crippen LogP contribution < -0.4 is 15.8 Å². The van der Waals surface area contributed by atoms with Gasteiger partial charge in [0.05, 0.1) is 22.9 Å². The molecule has 0 saturated carbocycles. The topological polar surface area (TPSA) is 64.4 Å². The molecule has 0 aliphatic heterocycles. The molecule has 0 fully saturated rings. The predicted octanol–water partition coefficient (Wildman–Crippen LogP) is 2.07. The highest BCUT2D eigenvalue weighted by Gasteiger charge is 2.14. The molecule has 0 atom stereocenters. The standard InChI is InChI=1S/C11H15ClN2O2/c1-3-14-11(15)7-5-8(12)9(13)6-10(7)16-4-2/h5-6H,3-4,13H2,1-2H3,(H,14,15). The van der Waals surface area contributed by atoms with Crippen LogP contribution in [0.4, 0.5) is 5.69 Å². The van der Waals surface area contributed by atoms with Gasteiger partial charge < -0.3 is 15.8 Å². The van der Waals surface area contributed by atoms with Gasteiger partial charge in [0.2, 0.25) is 0 Å². The van der Waals surface area contributed by atoms with Crippen molar-refractivity contribution in [1.29, 1.82) is 0 Å². The van der Waals surface area contributed by atoms with Crippen LogP contribution in [0.2, 0.25) is 5.02 Å². The lowest BCUT2D eigenvalue weighted by molar-refractivity contribution is 0.0952. The second-order valence-corrected chi connectivity index (χ2v) is 3.57. The normalized spacial score (nSPS) is 9.94. The SMILES string of the molecule is CCNC(=O)c1cc(Cl)c(N)cc1OCC. The quantitative estimate of drug-likeness (QED) is 0.795. The third-order valence-electron chi connectivity index (χ3n) is 1.98. The Labute approximate surface area is 99.7 Å². The smallest absolute Gasteiger partial charge is 0.255 e. The molecule has 1 amide bonds. The fourth-order valence-electron chi connectivity index (χ4n) is 1.28. The summed E-state index contributed by atoms with van der Waals surface area (Å²) in [5.41, 5.74) is 6.46. The summed E-state index contributed by atoms with van der Waals surface area (Å²) in [5, 5.41) is 3.04. The van der Waals surface area contributed by atoms with Gasteiger partial charge in [-0.15, -0.1) is 0 Å². The van der Waals surface area contributed by atoms with E-state index in [1.54, 1.807) is 6.07 Å². The predicted molar refractivity (Wildman–Crippen MR) is 65.0 cm³/mol. The molecule has 1 aromatic rings. The summed E-state index contributed by atoms with van der Waals surface area (Å²) >= 11 is 5.87. The molecule has 3 N–H and O–H groups in total. The van der Waals surface area contributed by atoms with E-state index in [1.165, 1.54) is 6.07 Å². The van der Waals surface area contributed by atoms with E-state index >= 15 is 0 Å². The fraction of sp³-hybridized carbons (Fsp3) is 0.364. The Kier molecular flexibility index (Phi) is 4.43. The second kappa shape index (κ2) is 5.61. The van der Waals surface area contributed by atoms with Crippen LogP contribution in [-0.2, 0) is 0 Å². The minimum atomic E-state index is -0.215. The molecule has 0 aliphatic carbocycles. The molecule has 1 aromatic carbocycles. The molecule has 0 saturated heterocycles. The zero-order chi connectivity index (χ0) is 12.1. The molecule has 0 bridgehead atoms. The van der Waals surface area contributed by atoms with Gasteiger partial charge in [-0.2, -0.15) is 0 Å². The molecule has 0 heterocycles. The van der Waals surface area contributed by atoms with E-state index in [0.717, 1.165) is 0 Å². The summed E-state index contributed by atoms with van der Waals surface area (Å²) in [7, 11) is 0. The summed E-state index contributed by atoms with van der Waals surface area (Å²) in [5.74, 6) is 0.239. The number of nitrogen functional groups attached to an aromatic ring is 1. The van der Waals surface area contributed by atoms with E-state index in [9.17, 15) is 4.79 Å². The number of nitrogens with one attached hydrogen (secondary N) is 1. The molecule has 5 heteroatoms. The lowest BCUT2D eigenvalue weighted by Gasteiger charge is -2.11. The lowest BCUT2D eigenvalue weighted by Crippen LogP contribution is -2.23. The summed E-state index contributed by atoms with van der Waals surface area (Å²) < 4.78 is 5.34. The molecule has 0 unspecified atom stereocenters. The van der Waals surface area contributed by atoms with Crippen molar-refractivity contribution in [3.05, 3.63) is 22.7 Å². The first kappa shape index (κ1) is 12.6. The van der Waals surface area contributed by atoms with Crippen molar-refractivity contribution in [2.45, 2.75) is 13.8 Å². The fourth-order valence-corrected chi connectivity index (χ4v) is 1.44. The van der Waals surface area contributed by atoms with Crippen molar-refractivity contribution >= 4 is 23.2 Å². The number of hydrogen-bond donors (Lipinski definition) is 2. The van der Waals surface area contributed by atoms with Crippen LogP contribution in [0, 0.1) is 0 Å². The monoisotopic (exact) mass is 242 g/mol. The van der Waals surface area contributed by atoms with Gasteiger partial charge in [-0.1, -0.05) is 11.6 Å². The second-order valence-electron chi connectivity index (χ2n) is 3.16. The first-order valence-corrected chi connectivity index (χ1v) is 5.48. The van der Waals surface area contributed by atoms with Gasteiger partial charge in [0.25, 0.3) is 5.91 Å². The number of hydrogen-bond acceptors (Lipinski definition) is 3. The van der Waals surface area contributed by atoms with Crippen LogP contribution in [0.25, 0.3) is 0 Å². The van der Waals surface area contributed by atoms with Crippen LogP contribution in [0.15, 0.2) is 12.1 Å². The molecule has 0 aromatic heterocycles. The van der Waals surface area contributed by atoms with Crippen LogP contribution in [0.3, 0.4) is 0 Å². The Morgan fingerprint density at radius 3 is 2.75 bits per heavy atom. The third kappa shape index (κ3) is 2.79. The molecule has 0 spiro atoms. The molecule has 16 heavy (non-hydrogen) atoms. The summed E-state index contributed by atoms with van der Waals surface area (Å²) in [6.07, 6.45) is 0. The number of benzene rings is 1. The van der Waals surface area contributed by atoms with Crippen LogP contribution >= 0.6 is 11.6 Å². The zero-order valence-corrected chi connectivity index (χ0v) is 10.1. The number of rotatable bonds is 4. The van der Waals surface area contributed by atoms with E-state index in [0.29, 0.717) is 35.2 Å². The van der Waals surface area contributed by atoms with Crippen LogP contribution in [0.1, 0.15) is 24.2 Å². The van der Waals surface area contributed by atoms with Crippen molar-refractivity contribution < 1.29 is 9.53 Å².